The maximum absolute atomic E-state index is 11.7. The predicted molar refractivity (Wildman–Crippen MR) is 270 cm³/mol. The lowest BCUT2D eigenvalue weighted by Crippen LogP contribution is -2.45. The molecule has 3 aliphatic carbocycles. The van der Waals surface area contributed by atoms with Gasteiger partial charge in [0.25, 0.3) is 0 Å². The normalized spacial score (nSPS) is 19.9. The zero-order valence-electron chi connectivity index (χ0n) is 43.0. The number of Topliss-reactive ketones (excluding diaryl/α,β-unsaturated/α-hetero) is 2. The first-order valence-electron chi connectivity index (χ1n) is 25.0. The minimum atomic E-state index is 0.0831. The summed E-state index contributed by atoms with van der Waals surface area (Å²) in [6.45, 7) is 51.9. The van der Waals surface area contributed by atoms with Crippen LogP contribution in [0.4, 0.5) is 0 Å². The van der Waals surface area contributed by atoms with Crippen molar-refractivity contribution in [2.75, 3.05) is 6.54 Å². The van der Waals surface area contributed by atoms with Crippen molar-refractivity contribution in [1.82, 2.24) is 16.0 Å². The van der Waals surface area contributed by atoms with E-state index in [4.69, 9.17) is 0 Å². The molecule has 0 heterocycles. The van der Waals surface area contributed by atoms with Crippen LogP contribution in [0.5, 0.6) is 0 Å². The molecule has 3 fully saturated rings. The molecule has 6 atom stereocenters. The molecule has 60 heavy (non-hydrogen) atoms. The van der Waals surface area contributed by atoms with Crippen LogP contribution in [0.25, 0.3) is 0 Å². The SMILES string of the molecule is C=C(C)CCC(NC(=C)NC(C(=C)C)C1CCCCCC1)C1CCCCC1.C=CCNC(=C)C(=O)C(C)CCCC.CC.CC.CCC.CC[C@H]1[C@@H](C(C)C(C)=O)C1(C)C. The van der Waals surface area contributed by atoms with Gasteiger partial charge in [0.2, 0.25) is 0 Å². The van der Waals surface area contributed by atoms with E-state index in [9.17, 15) is 9.59 Å². The van der Waals surface area contributed by atoms with Crippen molar-refractivity contribution in [3.8, 4) is 0 Å². The quantitative estimate of drug-likeness (QED) is 0.0610. The van der Waals surface area contributed by atoms with Gasteiger partial charge in [0.1, 0.15) is 5.78 Å². The Kier molecular flexibility index (Phi) is 38.1. The molecule has 0 aromatic carbocycles. The Morgan fingerprint density at radius 3 is 1.63 bits per heavy atom. The van der Waals surface area contributed by atoms with Gasteiger partial charge in [-0.15, -0.1) is 13.2 Å². The summed E-state index contributed by atoms with van der Waals surface area (Å²) in [7, 11) is 0. The lowest BCUT2D eigenvalue weighted by molar-refractivity contribution is -0.121. The molecule has 3 saturated carbocycles. The fraction of sp³-hybridized carbons (Fsp3) is 0.782. The number of carbonyl (C=O) groups is 2. The van der Waals surface area contributed by atoms with Gasteiger partial charge in [-0.3, -0.25) is 9.59 Å². The number of nitrogens with one attached hydrogen (secondary N) is 3. The van der Waals surface area contributed by atoms with Crippen LogP contribution in [-0.2, 0) is 9.59 Å². The Bertz CT molecular complexity index is 1170. The van der Waals surface area contributed by atoms with Crippen LogP contribution in [0.3, 0.4) is 0 Å². The average molecular weight is 840 g/mol. The summed E-state index contributed by atoms with van der Waals surface area (Å²) < 4.78 is 0. The van der Waals surface area contributed by atoms with Gasteiger partial charge >= 0.3 is 0 Å². The molecule has 3 aliphatic rings. The van der Waals surface area contributed by atoms with Gasteiger partial charge in [0.05, 0.1) is 17.6 Å². The van der Waals surface area contributed by atoms with Crippen LogP contribution in [0.1, 0.15) is 219 Å². The van der Waals surface area contributed by atoms with E-state index in [1.807, 2.05) is 34.6 Å². The van der Waals surface area contributed by atoms with Gasteiger partial charge in [-0.05, 0) is 94.8 Å². The Morgan fingerprint density at radius 2 is 1.23 bits per heavy atom. The second kappa shape index (κ2) is 37.0. The van der Waals surface area contributed by atoms with Gasteiger partial charge in [0, 0.05) is 24.4 Å². The molecule has 0 amide bonds. The van der Waals surface area contributed by atoms with Crippen LogP contribution in [0, 0.1) is 40.9 Å². The van der Waals surface area contributed by atoms with E-state index in [0.29, 0.717) is 47.4 Å². The molecule has 0 aliphatic heterocycles. The Hall–Kier alpha value is -2.56. The van der Waals surface area contributed by atoms with Gasteiger partial charge in [-0.25, -0.2) is 0 Å². The molecule has 0 radical (unpaired) electrons. The maximum atomic E-state index is 11.7. The van der Waals surface area contributed by atoms with E-state index >= 15 is 0 Å². The summed E-state index contributed by atoms with van der Waals surface area (Å²) in [4.78, 5) is 22.8. The summed E-state index contributed by atoms with van der Waals surface area (Å²) in [5.74, 6) is 4.72. The van der Waals surface area contributed by atoms with Crippen molar-refractivity contribution in [3.63, 3.8) is 0 Å². The Balaban J connectivity index is -0.000000827. The molecule has 3 N–H and O–H groups in total. The van der Waals surface area contributed by atoms with Crippen molar-refractivity contribution < 1.29 is 9.59 Å². The third-order valence-corrected chi connectivity index (χ3v) is 12.6. The minimum absolute atomic E-state index is 0.0831. The molecule has 0 bridgehead atoms. The molecule has 4 unspecified atom stereocenters. The number of unbranched alkanes of at least 4 members (excludes halogenated alkanes) is 1. The molecule has 352 valence electrons. The van der Waals surface area contributed by atoms with E-state index in [-0.39, 0.29) is 17.6 Å². The van der Waals surface area contributed by atoms with Crippen LogP contribution >= 0.6 is 0 Å². The lowest BCUT2D eigenvalue weighted by atomic mass is 9.82. The van der Waals surface area contributed by atoms with Crippen molar-refractivity contribution >= 4 is 11.6 Å². The second-order valence-electron chi connectivity index (χ2n) is 18.4. The van der Waals surface area contributed by atoms with Gasteiger partial charge < -0.3 is 16.0 Å². The van der Waals surface area contributed by atoms with Gasteiger partial charge in [-0.1, -0.05) is 191 Å². The van der Waals surface area contributed by atoms with Crippen molar-refractivity contribution in [3.05, 3.63) is 61.6 Å². The van der Waals surface area contributed by atoms with Gasteiger partial charge in [-0.2, -0.15) is 0 Å². The highest BCUT2D eigenvalue weighted by atomic mass is 16.1. The van der Waals surface area contributed by atoms with E-state index in [0.717, 1.165) is 43.3 Å². The van der Waals surface area contributed by atoms with E-state index in [1.165, 1.54) is 101 Å². The van der Waals surface area contributed by atoms with Crippen LogP contribution in [0.2, 0.25) is 0 Å². The topological polar surface area (TPSA) is 70.2 Å². The van der Waals surface area contributed by atoms with Gasteiger partial charge in [0.15, 0.2) is 5.78 Å². The fourth-order valence-corrected chi connectivity index (χ4v) is 9.14. The number of hydrogen-bond acceptors (Lipinski definition) is 5. The highest BCUT2D eigenvalue weighted by molar-refractivity contribution is 5.95. The van der Waals surface area contributed by atoms with E-state index in [2.05, 4.69) is 111 Å². The minimum Gasteiger partial charge on any atom is -0.379 e. The average Bonchev–Trinajstić information content (AvgIpc) is 3.90. The Labute approximate surface area is 376 Å². The lowest BCUT2D eigenvalue weighted by Gasteiger charge is -2.35. The zero-order valence-corrected chi connectivity index (χ0v) is 43.0. The number of rotatable bonds is 21. The molecular weight excluding hydrogens is 735 g/mol. The summed E-state index contributed by atoms with van der Waals surface area (Å²) in [6, 6.07) is 0.873. The largest absolute Gasteiger partial charge is 0.379 e. The fourth-order valence-electron chi connectivity index (χ4n) is 9.14. The summed E-state index contributed by atoms with van der Waals surface area (Å²) >= 11 is 0. The van der Waals surface area contributed by atoms with Crippen LogP contribution in [-0.4, -0.2) is 30.2 Å². The zero-order chi connectivity index (χ0) is 46.8. The van der Waals surface area contributed by atoms with Crippen molar-refractivity contribution in [1.29, 1.82) is 0 Å². The summed E-state index contributed by atoms with van der Waals surface area (Å²) in [5.41, 5.74) is 3.46. The predicted octanol–water partition coefficient (Wildman–Crippen LogP) is 15.9. The molecule has 0 saturated heterocycles. The summed E-state index contributed by atoms with van der Waals surface area (Å²) in [6.07, 6.45) is 24.7. The molecule has 5 heteroatoms. The van der Waals surface area contributed by atoms with E-state index in [1.54, 1.807) is 13.0 Å². The third kappa shape index (κ3) is 26.0. The molecule has 0 aromatic heterocycles. The molecule has 5 nitrogen and oxygen atoms in total. The maximum Gasteiger partial charge on any atom is 0.180 e. The van der Waals surface area contributed by atoms with Crippen molar-refractivity contribution in [2.45, 2.75) is 232 Å². The number of ketones is 2. The molecule has 0 aromatic rings. The highest BCUT2D eigenvalue weighted by Crippen LogP contribution is 2.63. The van der Waals surface area contributed by atoms with Crippen LogP contribution < -0.4 is 16.0 Å². The first kappa shape index (κ1) is 61.7. The van der Waals surface area contributed by atoms with Crippen molar-refractivity contribution in [2.24, 2.45) is 40.9 Å². The summed E-state index contributed by atoms with van der Waals surface area (Å²) in [5, 5.41) is 10.5. The molecule has 0 spiro atoms. The van der Waals surface area contributed by atoms with Crippen LogP contribution in [0.15, 0.2) is 61.6 Å². The number of hydrogen-bond donors (Lipinski definition) is 3. The van der Waals surface area contributed by atoms with E-state index < -0.39 is 0 Å². The first-order chi connectivity index (χ1) is 28.4. The first-order valence-corrected chi connectivity index (χ1v) is 25.0. The monoisotopic (exact) mass is 840 g/mol. The standard InChI is InChI=1S/C25H44N2.C12H21NO.C11H20O.C3H8.2C2H6/c1-19(2)17-18-24(22-13-11-8-12-14-22)26-21(5)27-25(20(3)4)23-15-9-6-7-10-16-23;1-5-7-8-10(3)12(14)11(4)13-9-6-2;1-6-9-10(11(9,4)5)7(2)8(3)12;1-3-2;2*1-2/h22-27H,1,3,5-18H2,2,4H3;6,10,13H,2,4-5,7-9H2,1,3H3;7,9-10H,6H2,1-5H3;3H2,1-2H3;2*1-2H3/t;;7?,9-,10+;;;/m..0.../s1. The highest BCUT2D eigenvalue weighted by Gasteiger charge is 2.59. The molecule has 3 rings (SSSR count). The Morgan fingerprint density at radius 1 is 0.750 bits per heavy atom. The number of allylic oxidation sites excluding steroid dienone is 2. The smallest absolute Gasteiger partial charge is 0.180 e. The third-order valence-electron chi connectivity index (χ3n) is 12.6. The molecular formula is C55H105N3O2. The second-order valence-corrected chi connectivity index (χ2v) is 18.4. The number of carbonyl (C=O) groups excluding carboxylic acids is 2.